The number of para-hydroxylation sites is 3. The molecule has 0 aliphatic rings. The van der Waals surface area contributed by atoms with Crippen LogP contribution in [0, 0.1) is 5.92 Å². The molecule has 2 aromatic carbocycles. The van der Waals surface area contributed by atoms with Crippen LogP contribution in [0.2, 0.25) is 0 Å². The van der Waals surface area contributed by atoms with Crippen LogP contribution in [-0.2, 0) is 11.3 Å². The highest BCUT2D eigenvalue weighted by molar-refractivity contribution is 5.82. The van der Waals surface area contributed by atoms with Crippen molar-refractivity contribution in [3.63, 3.8) is 0 Å². The van der Waals surface area contributed by atoms with Crippen molar-refractivity contribution in [2.24, 2.45) is 5.92 Å². The van der Waals surface area contributed by atoms with Gasteiger partial charge in [0, 0.05) is 5.39 Å². The Kier molecular flexibility index (Phi) is 4.65. The van der Waals surface area contributed by atoms with Crippen molar-refractivity contribution in [2.75, 3.05) is 0 Å². The summed E-state index contributed by atoms with van der Waals surface area (Å²) in [5, 5.41) is 7.72. The van der Waals surface area contributed by atoms with E-state index >= 15 is 0 Å². The number of carbonyl (C=O) groups excluding carboxylic acids is 1. The molecule has 2 N–H and O–H groups in total. The second kappa shape index (κ2) is 7.26. The van der Waals surface area contributed by atoms with Crippen molar-refractivity contribution in [3.8, 4) is 0 Å². The molecule has 0 spiro atoms. The molecule has 0 saturated carbocycles. The molecule has 0 bridgehead atoms. The van der Waals surface area contributed by atoms with Gasteiger partial charge in [0.05, 0.1) is 28.8 Å². The molecular formula is C21H21N5O2. The second-order valence-electron chi connectivity index (χ2n) is 7.11. The SMILES string of the molecule is CC(C)C(NC(=O)Cn1ncc(=O)c2ccccc21)c1nc2ccccc2[nH]1. The Balaban J connectivity index is 1.59. The molecule has 0 aliphatic heterocycles. The Morgan fingerprint density at radius 3 is 2.68 bits per heavy atom. The standard InChI is InChI=1S/C21H21N5O2/c1-13(2)20(21-23-15-8-4-5-9-16(15)24-21)25-19(28)12-26-17-10-6-3-7-14(17)18(27)11-22-26/h3-11,13,20H,12H2,1-2H3,(H,23,24)(H,25,28). The zero-order valence-corrected chi connectivity index (χ0v) is 15.7. The van der Waals surface area contributed by atoms with E-state index in [1.165, 1.54) is 6.20 Å². The minimum Gasteiger partial charge on any atom is -0.344 e. The number of aromatic amines is 1. The zero-order valence-electron chi connectivity index (χ0n) is 15.7. The van der Waals surface area contributed by atoms with E-state index in [1.807, 2.05) is 44.2 Å². The molecule has 0 radical (unpaired) electrons. The average Bonchev–Trinajstić information content (AvgIpc) is 3.12. The Labute approximate surface area is 161 Å². The van der Waals surface area contributed by atoms with Gasteiger partial charge in [-0.2, -0.15) is 5.10 Å². The molecule has 142 valence electrons. The molecular weight excluding hydrogens is 354 g/mol. The zero-order chi connectivity index (χ0) is 19.7. The molecule has 0 fully saturated rings. The van der Waals surface area contributed by atoms with Crippen molar-refractivity contribution in [1.82, 2.24) is 25.1 Å². The van der Waals surface area contributed by atoms with Gasteiger partial charge in [-0.3, -0.25) is 14.3 Å². The van der Waals surface area contributed by atoms with Gasteiger partial charge in [-0.25, -0.2) is 4.98 Å². The molecule has 1 atom stereocenters. The number of carbonyl (C=O) groups is 1. The summed E-state index contributed by atoms with van der Waals surface area (Å²) in [6, 6.07) is 14.7. The molecule has 4 aromatic rings. The van der Waals surface area contributed by atoms with Crippen molar-refractivity contribution in [2.45, 2.75) is 26.4 Å². The Hall–Kier alpha value is -3.48. The number of hydrogen-bond acceptors (Lipinski definition) is 4. The molecule has 7 nitrogen and oxygen atoms in total. The highest BCUT2D eigenvalue weighted by Crippen LogP contribution is 2.22. The molecule has 0 saturated heterocycles. The van der Waals surface area contributed by atoms with Crippen LogP contribution < -0.4 is 10.7 Å². The fraction of sp³-hybridized carbons (Fsp3) is 0.238. The van der Waals surface area contributed by atoms with Crippen molar-refractivity contribution in [1.29, 1.82) is 0 Å². The van der Waals surface area contributed by atoms with E-state index in [-0.39, 0.29) is 29.8 Å². The summed E-state index contributed by atoms with van der Waals surface area (Å²) in [7, 11) is 0. The van der Waals surface area contributed by atoms with Crippen LogP contribution in [0.5, 0.6) is 0 Å². The van der Waals surface area contributed by atoms with E-state index in [0.29, 0.717) is 10.9 Å². The second-order valence-corrected chi connectivity index (χ2v) is 7.11. The molecule has 7 heteroatoms. The smallest absolute Gasteiger partial charge is 0.242 e. The number of nitrogens with zero attached hydrogens (tertiary/aromatic N) is 3. The van der Waals surface area contributed by atoms with Gasteiger partial charge in [-0.1, -0.05) is 38.1 Å². The van der Waals surface area contributed by atoms with E-state index in [9.17, 15) is 9.59 Å². The monoisotopic (exact) mass is 375 g/mol. The minimum atomic E-state index is -0.259. The first-order valence-electron chi connectivity index (χ1n) is 9.22. The molecule has 2 heterocycles. The van der Waals surface area contributed by atoms with E-state index in [0.717, 1.165) is 16.9 Å². The number of H-pyrrole nitrogens is 1. The van der Waals surface area contributed by atoms with Gasteiger partial charge in [-0.15, -0.1) is 0 Å². The fourth-order valence-electron chi connectivity index (χ4n) is 3.31. The predicted octanol–water partition coefficient (Wildman–Crippen LogP) is 2.79. The summed E-state index contributed by atoms with van der Waals surface area (Å²) in [6.45, 7) is 4.08. The Morgan fingerprint density at radius 1 is 1.14 bits per heavy atom. The molecule has 4 rings (SSSR count). The lowest BCUT2D eigenvalue weighted by Crippen LogP contribution is -2.35. The lowest BCUT2D eigenvalue weighted by atomic mass is 10.0. The molecule has 2 aromatic heterocycles. The van der Waals surface area contributed by atoms with Crippen molar-refractivity contribution < 1.29 is 4.79 Å². The van der Waals surface area contributed by atoms with Crippen LogP contribution in [0.3, 0.4) is 0 Å². The maximum absolute atomic E-state index is 12.8. The average molecular weight is 375 g/mol. The summed E-state index contributed by atoms with van der Waals surface area (Å²) in [6.07, 6.45) is 1.24. The van der Waals surface area contributed by atoms with Crippen molar-refractivity contribution >= 4 is 27.8 Å². The highest BCUT2D eigenvalue weighted by atomic mass is 16.2. The van der Waals surface area contributed by atoms with Gasteiger partial charge in [0.25, 0.3) is 0 Å². The predicted molar refractivity (Wildman–Crippen MR) is 108 cm³/mol. The molecule has 1 unspecified atom stereocenters. The molecule has 0 aliphatic carbocycles. The van der Waals surface area contributed by atoms with Crippen LogP contribution in [0.25, 0.3) is 21.9 Å². The number of imidazole rings is 1. The Morgan fingerprint density at radius 2 is 1.89 bits per heavy atom. The van der Waals surface area contributed by atoms with Gasteiger partial charge < -0.3 is 10.3 Å². The third-order valence-corrected chi connectivity index (χ3v) is 4.74. The van der Waals surface area contributed by atoms with E-state index < -0.39 is 0 Å². The summed E-state index contributed by atoms with van der Waals surface area (Å²) in [5.41, 5.74) is 2.28. The normalized spacial score (nSPS) is 12.5. The number of hydrogen-bond donors (Lipinski definition) is 2. The first kappa shape index (κ1) is 17.9. The number of fused-ring (bicyclic) bond motifs is 2. The van der Waals surface area contributed by atoms with Crippen LogP contribution in [0.1, 0.15) is 25.7 Å². The minimum absolute atomic E-state index is 0.0181. The first-order chi connectivity index (χ1) is 13.5. The van der Waals surface area contributed by atoms with Gasteiger partial charge in [-0.05, 0) is 30.2 Å². The summed E-state index contributed by atoms with van der Waals surface area (Å²) in [5.74, 6) is 0.672. The Bertz CT molecular complexity index is 1180. The maximum Gasteiger partial charge on any atom is 0.242 e. The van der Waals surface area contributed by atoms with Gasteiger partial charge >= 0.3 is 0 Å². The van der Waals surface area contributed by atoms with E-state index in [4.69, 9.17) is 0 Å². The van der Waals surface area contributed by atoms with Crippen LogP contribution >= 0.6 is 0 Å². The lowest BCUT2D eigenvalue weighted by molar-refractivity contribution is -0.122. The lowest BCUT2D eigenvalue weighted by Gasteiger charge is -2.20. The first-order valence-corrected chi connectivity index (χ1v) is 9.22. The number of aromatic nitrogens is 4. The van der Waals surface area contributed by atoms with Gasteiger partial charge in [0.2, 0.25) is 11.3 Å². The summed E-state index contributed by atoms with van der Waals surface area (Å²) in [4.78, 5) is 32.6. The third-order valence-electron chi connectivity index (χ3n) is 4.74. The van der Waals surface area contributed by atoms with Crippen LogP contribution in [0.15, 0.2) is 59.5 Å². The molecule has 1 amide bonds. The third kappa shape index (κ3) is 3.38. The number of amides is 1. The van der Waals surface area contributed by atoms with Gasteiger partial charge in [0.1, 0.15) is 12.4 Å². The summed E-state index contributed by atoms with van der Waals surface area (Å²) >= 11 is 0. The number of benzene rings is 2. The van der Waals surface area contributed by atoms with Crippen LogP contribution in [0.4, 0.5) is 0 Å². The van der Waals surface area contributed by atoms with E-state index in [2.05, 4.69) is 20.4 Å². The van der Waals surface area contributed by atoms with Crippen molar-refractivity contribution in [3.05, 3.63) is 70.8 Å². The number of rotatable bonds is 5. The summed E-state index contributed by atoms with van der Waals surface area (Å²) < 4.78 is 1.54. The number of nitrogens with one attached hydrogen (secondary N) is 2. The maximum atomic E-state index is 12.8. The molecule has 28 heavy (non-hydrogen) atoms. The quantitative estimate of drug-likeness (QED) is 0.561. The fourth-order valence-corrected chi connectivity index (χ4v) is 3.31. The highest BCUT2D eigenvalue weighted by Gasteiger charge is 2.22. The van der Waals surface area contributed by atoms with E-state index in [1.54, 1.807) is 22.9 Å². The van der Waals surface area contributed by atoms with Crippen LogP contribution in [-0.4, -0.2) is 25.7 Å². The topological polar surface area (TPSA) is 92.7 Å². The largest absolute Gasteiger partial charge is 0.344 e. The van der Waals surface area contributed by atoms with Gasteiger partial charge in [0.15, 0.2) is 0 Å².